The van der Waals surface area contributed by atoms with Crippen molar-refractivity contribution in [3.8, 4) is 0 Å². The van der Waals surface area contributed by atoms with Crippen LogP contribution < -0.4 is 10.9 Å². The number of nitrogens with one attached hydrogen (secondary N) is 2. The number of H-pyrrole nitrogens is 1. The van der Waals surface area contributed by atoms with Gasteiger partial charge in [-0.25, -0.2) is 4.39 Å². The molecule has 0 aliphatic rings. The zero-order valence-corrected chi connectivity index (χ0v) is 14.5. The van der Waals surface area contributed by atoms with E-state index in [1.807, 2.05) is 54.6 Å². The normalized spacial score (nSPS) is 10.8. The molecular formula is C21H15FN2OS. The molecule has 5 heteroatoms. The van der Waals surface area contributed by atoms with Gasteiger partial charge >= 0.3 is 0 Å². The van der Waals surface area contributed by atoms with Crippen molar-refractivity contribution in [2.75, 3.05) is 5.32 Å². The maximum atomic E-state index is 14.1. The van der Waals surface area contributed by atoms with Crippen LogP contribution in [-0.4, -0.2) is 4.98 Å². The number of halogens is 1. The smallest absolute Gasteiger partial charge is 0.264 e. The Hall–Kier alpha value is -3.05. The molecule has 4 rings (SSSR count). The van der Waals surface area contributed by atoms with Gasteiger partial charge in [-0.15, -0.1) is 0 Å². The molecule has 0 aliphatic heterocycles. The molecule has 0 aliphatic carbocycles. The Morgan fingerprint density at radius 2 is 1.54 bits per heavy atom. The lowest BCUT2D eigenvalue weighted by Gasteiger charge is -2.14. The number of rotatable bonds is 4. The Bertz CT molecular complexity index is 1130. The maximum Gasteiger partial charge on any atom is 0.264 e. The molecule has 0 atom stereocenters. The molecule has 4 aromatic rings. The Kier molecular flexibility index (Phi) is 4.46. The third kappa shape index (κ3) is 3.21. The summed E-state index contributed by atoms with van der Waals surface area (Å²) in [5, 5.41) is 4.20. The van der Waals surface area contributed by atoms with E-state index in [1.54, 1.807) is 18.2 Å². The Balaban J connectivity index is 1.90. The van der Waals surface area contributed by atoms with Gasteiger partial charge in [-0.05, 0) is 30.3 Å². The van der Waals surface area contributed by atoms with Crippen molar-refractivity contribution in [1.29, 1.82) is 0 Å². The quantitative estimate of drug-likeness (QED) is 0.499. The second-order valence-electron chi connectivity index (χ2n) is 5.73. The summed E-state index contributed by atoms with van der Waals surface area (Å²) in [5.74, 6) is -0.351. The van der Waals surface area contributed by atoms with E-state index in [-0.39, 0.29) is 11.4 Å². The Labute approximate surface area is 153 Å². The average Bonchev–Trinajstić information content (AvgIpc) is 2.67. The van der Waals surface area contributed by atoms with Gasteiger partial charge in [0.2, 0.25) is 0 Å². The van der Waals surface area contributed by atoms with Crippen molar-refractivity contribution in [1.82, 2.24) is 4.98 Å². The molecule has 1 aromatic heterocycles. The first-order valence-corrected chi connectivity index (χ1v) is 8.93. The first kappa shape index (κ1) is 16.4. The first-order chi connectivity index (χ1) is 12.7. The van der Waals surface area contributed by atoms with Crippen molar-refractivity contribution in [3.63, 3.8) is 0 Å². The van der Waals surface area contributed by atoms with E-state index in [1.165, 1.54) is 6.07 Å². The van der Waals surface area contributed by atoms with E-state index in [0.717, 1.165) is 28.4 Å². The third-order valence-electron chi connectivity index (χ3n) is 3.97. The van der Waals surface area contributed by atoms with Crippen molar-refractivity contribution >= 4 is 34.0 Å². The van der Waals surface area contributed by atoms with E-state index in [0.29, 0.717) is 15.5 Å². The molecule has 3 nitrogen and oxygen atoms in total. The molecule has 26 heavy (non-hydrogen) atoms. The van der Waals surface area contributed by atoms with Crippen LogP contribution in [0.4, 0.5) is 15.8 Å². The van der Waals surface area contributed by atoms with Crippen LogP contribution in [0.5, 0.6) is 0 Å². The van der Waals surface area contributed by atoms with Gasteiger partial charge in [0, 0.05) is 16.0 Å². The van der Waals surface area contributed by atoms with E-state index in [4.69, 9.17) is 0 Å². The van der Waals surface area contributed by atoms with Gasteiger partial charge in [-0.3, -0.25) is 4.79 Å². The van der Waals surface area contributed by atoms with Gasteiger partial charge in [0.15, 0.2) is 0 Å². The number of hydrogen-bond acceptors (Lipinski definition) is 3. The first-order valence-electron chi connectivity index (χ1n) is 8.12. The van der Waals surface area contributed by atoms with E-state index < -0.39 is 0 Å². The molecule has 0 unspecified atom stereocenters. The highest BCUT2D eigenvalue weighted by Gasteiger charge is 2.16. The van der Waals surface area contributed by atoms with Gasteiger partial charge in [-0.1, -0.05) is 60.3 Å². The number of fused-ring (bicyclic) bond motifs is 1. The summed E-state index contributed by atoms with van der Waals surface area (Å²) < 4.78 is 14.1. The lowest BCUT2D eigenvalue weighted by atomic mass is 10.2. The molecule has 2 N–H and O–H groups in total. The Morgan fingerprint density at radius 1 is 0.846 bits per heavy atom. The van der Waals surface area contributed by atoms with Crippen LogP contribution in [-0.2, 0) is 0 Å². The molecule has 0 radical (unpaired) electrons. The summed E-state index contributed by atoms with van der Waals surface area (Å²) in [4.78, 5) is 16.4. The largest absolute Gasteiger partial charge is 0.354 e. The monoisotopic (exact) mass is 362 g/mol. The van der Waals surface area contributed by atoms with Crippen molar-refractivity contribution in [2.45, 2.75) is 9.79 Å². The highest BCUT2D eigenvalue weighted by atomic mass is 32.2. The molecule has 0 saturated carbocycles. The molecule has 3 aromatic carbocycles. The Morgan fingerprint density at radius 3 is 2.35 bits per heavy atom. The number of para-hydroxylation sites is 2. The maximum absolute atomic E-state index is 14.1. The molecule has 0 fully saturated rings. The van der Waals surface area contributed by atoms with E-state index in [9.17, 15) is 9.18 Å². The van der Waals surface area contributed by atoms with Gasteiger partial charge in [0.25, 0.3) is 5.56 Å². The average molecular weight is 362 g/mol. The number of hydrogen-bond donors (Lipinski definition) is 2. The molecule has 0 spiro atoms. The summed E-state index contributed by atoms with van der Waals surface area (Å²) >= 11 is 1.12. The van der Waals surface area contributed by atoms with Crippen LogP contribution in [0.15, 0.2) is 93.4 Å². The number of benzene rings is 3. The van der Waals surface area contributed by atoms with Crippen LogP contribution >= 0.6 is 11.8 Å². The van der Waals surface area contributed by atoms with Crippen LogP contribution in [0, 0.1) is 5.82 Å². The fourth-order valence-corrected chi connectivity index (χ4v) is 3.69. The predicted molar refractivity (Wildman–Crippen MR) is 105 cm³/mol. The molecule has 0 amide bonds. The van der Waals surface area contributed by atoms with Crippen molar-refractivity contribution in [3.05, 3.63) is 95.0 Å². The number of anilines is 2. The van der Waals surface area contributed by atoms with Gasteiger partial charge in [0.05, 0.1) is 11.2 Å². The van der Waals surface area contributed by atoms with Crippen LogP contribution in [0.3, 0.4) is 0 Å². The number of pyridine rings is 1. The topological polar surface area (TPSA) is 44.9 Å². The summed E-state index contributed by atoms with van der Waals surface area (Å²) in [6, 6.07) is 23.6. The van der Waals surface area contributed by atoms with Crippen LogP contribution in [0.25, 0.3) is 10.9 Å². The predicted octanol–water partition coefficient (Wildman–Crippen LogP) is 5.56. The van der Waals surface area contributed by atoms with Crippen LogP contribution in [0.2, 0.25) is 0 Å². The number of aromatic amines is 1. The standard InChI is InChI=1S/C21H15FN2OS/c22-16-11-5-7-13-18(16)26-20-19(23-14-8-2-1-3-9-14)15-10-4-6-12-17(15)24-21(20)25/h1-13H,(H2,23,24,25). The summed E-state index contributed by atoms with van der Waals surface area (Å²) in [7, 11) is 0. The highest BCUT2D eigenvalue weighted by molar-refractivity contribution is 7.99. The second-order valence-corrected chi connectivity index (χ2v) is 6.78. The minimum absolute atomic E-state index is 0.254. The fraction of sp³-hybridized carbons (Fsp3) is 0. The van der Waals surface area contributed by atoms with Gasteiger partial charge < -0.3 is 10.3 Å². The molecule has 0 saturated heterocycles. The lowest BCUT2D eigenvalue weighted by Crippen LogP contribution is -2.11. The molecular weight excluding hydrogens is 347 g/mol. The SMILES string of the molecule is O=c1[nH]c2ccccc2c(Nc2ccccc2)c1Sc1ccccc1F. The molecule has 0 bridgehead atoms. The van der Waals surface area contributed by atoms with E-state index >= 15 is 0 Å². The minimum Gasteiger partial charge on any atom is -0.354 e. The molecule has 1 heterocycles. The third-order valence-corrected chi connectivity index (χ3v) is 5.11. The van der Waals surface area contributed by atoms with Gasteiger partial charge in [-0.2, -0.15) is 0 Å². The highest BCUT2D eigenvalue weighted by Crippen LogP contribution is 2.37. The van der Waals surface area contributed by atoms with Crippen molar-refractivity contribution in [2.24, 2.45) is 0 Å². The number of aromatic nitrogens is 1. The zero-order chi connectivity index (χ0) is 17.9. The van der Waals surface area contributed by atoms with E-state index in [2.05, 4.69) is 10.3 Å². The summed E-state index contributed by atoms with van der Waals surface area (Å²) in [6.45, 7) is 0. The summed E-state index contributed by atoms with van der Waals surface area (Å²) in [5.41, 5.74) is 2.01. The second kappa shape index (κ2) is 7.06. The van der Waals surface area contributed by atoms with Crippen molar-refractivity contribution < 1.29 is 4.39 Å². The lowest BCUT2D eigenvalue weighted by molar-refractivity contribution is 0.602. The minimum atomic E-state index is -0.351. The fourth-order valence-electron chi connectivity index (χ4n) is 2.75. The molecule has 128 valence electrons. The van der Waals surface area contributed by atoms with Gasteiger partial charge in [0.1, 0.15) is 10.7 Å². The summed E-state index contributed by atoms with van der Waals surface area (Å²) in [6.07, 6.45) is 0. The van der Waals surface area contributed by atoms with Crippen LogP contribution in [0.1, 0.15) is 0 Å². The zero-order valence-electron chi connectivity index (χ0n) is 13.7.